The Morgan fingerprint density at radius 1 is 1.33 bits per heavy atom. The Balaban J connectivity index is 1.85. The number of aromatic amines is 1. The van der Waals surface area contributed by atoms with Gasteiger partial charge in [-0.3, -0.25) is 4.79 Å². The lowest BCUT2D eigenvalue weighted by molar-refractivity contribution is 0.0467. The van der Waals surface area contributed by atoms with Gasteiger partial charge in [-0.25, -0.2) is 4.79 Å². The van der Waals surface area contributed by atoms with Gasteiger partial charge in [-0.15, -0.1) is 0 Å². The van der Waals surface area contributed by atoms with Crippen molar-refractivity contribution in [2.24, 2.45) is 5.92 Å². The van der Waals surface area contributed by atoms with Gasteiger partial charge in [-0.1, -0.05) is 5.16 Å². The van der Waals surface area contributed by atoms with Crippen LogP contribution >= 0.6 is 0 Å². The van der Waals surface area contributed by atoms with Crippen LogP contribution < -0.4 is 11.0 Å². The van der Waals surface area contributed by atoms with E-state index in [1.54, 1.807) is 13.8 Å². The highest BCUT2D eigenvalue weighted by Crippen LogP contribution is 2.29. The molecule has 9 nitrogen and oxygen atoms in total. The summed E-state index contributed by atoms with van der Waals surface area (Å²) in [5.41, 5.74) is 0.0670. The molecule has 1 amide bonds. The van der Waals surface area contributed by atoms with Gasteiger partial charge in [0.1, 0.15) is 11.7 Å². The molecule has 0 unspecified atom stereocenters. The highest BCUT2D eigenvalue weighted by molar-refractivity contribution is 5.92. The standard InChI is InChI=1S/C15H19N5O4/c1-8-7-11(18-15(22)16-8)13(21)19-12(10-3-5-23-6-4-10)14-17-9(2)20-24-14/h7,10,12H,3-6H2,1-2H3,(H,19,21)(H,16,18,22)/t12-/m1/s1. The third-order valence-corrected chi connectivity index (χ3v) is 3.95. The van der Waals surface area contributed by atoms with Crippen LogP contribution in [0.5, 0.6) is 0 Å². The van der Waals surface area contributed by atoms with E-state index in [-0.39, 0.29) is 11.6 Å². The largest absolute Gasteiger partial charge is 0.381 e. The quantitative estimate of drug-likeness (QED) is 0.842. The lowest BCUT2D eigenvalue weighted by atomic mass is 9.91. The van der Waals surface area contributed by atoms with E-state index in [4.69, 9.17) is 9.26 Å². The number of rotatable bonds is 4. The van der Waals surface area contributed by atoms with Crippen molar-refractivity contribution in [3.63, 3.8) is 0 Å². The van der Waals surface area contributed by atoms with E-state index in [0.29, 0.717) is 30.6 Å². The molecular weight excluding hydrogens is 314 g/mol. The summed E-state index contributed by atoms with van der Waals surface area (Å²) in [6.07, 6.45) is 1.54. The molecule has 2 N–H and O–H groups in total. The second-order valence-corrected chi connectivity index (χ2v) is 5.84. The van der Waals surface area contributed by atoms with Gasteiger partial charge in [-0.05, 0) is 38.7 Å². The summed E-state index contributed by atoms with van der Waals surface area (Å²) >= 11 is 0. The average molecular weight is 333 g/mol. The SMILES string of the molecule is Cc1noc([C@H](NC(=O)c2cc(C)[nH]c(=O)n2)C2CCOCC2)n1. The summed E-state index contributed by atoms with van der Waals surface area (Å²) in [5, 5.41) is 6.68. The molecule has 9 heteroatoms. The predicted octanol–water partition coefficient (Wildman–Crippen LogP) is 0.667. The van der Waals surface area contributed by atoms with Crippen molar-refractivity contribution in [1.29, 1.82) is 0 Å². The van der Waals surface area contributed by atoms with Crippen molar-refractivity contribution >= 4 is 5.91 Å². The van der Waals surface area contributed by atoms with Crippen LogP contribution in [0.15, 0.2) is 15.4 Å². The fourth-order valence-corrected chi connectivity index (χ4v) is 2.78. The second kappa shape index (κ2) is 6.91. The van der Waals surface area contributed by atoms with Crippen LogP contribution in [-0.4, -0.2) is 39.2 Å². The summed E-state index contributed by atoms with van der Waals surface area (Å²) in [7, 11) is 0. The van der Waals surface area contributed by atoms with Gasteiger partial charge in [0.2, 0.25) is 5.89 Å². The second-order valence-electron chi connectivity index (χ2n) is 5.84. The Labute approximate surface area is 137 Å². The zero-order valence-electron chi connectivity index (χ0n) is 13.5. The molecule has 3 rings (SSSR count). The number of carbonyl (C=O) groups excluding carboxylic acids is 1. The first-order valence-electron chi connectivity index (χ1n) is 7.79. The molecule has 0 aromatic carbocycles. The molecular formula is C15H19N5O4. The topological polar surface area (TPSA) is 123 Å². The molecule has 2 aromatic rings. The van der Waals surface area contributed by atoms with Crippen molar-refractivity contribution in [2.75, 3.05) is 13.2 Å². The first-order valence-corrected chi connectivity index (χ1v) is 7.79. The van der Waals surface area contributed by atoms with Crippen molar-refractivity contribution in [3.8, 4) is 0 Å². The number of H-pyrrole nitrogens is 1. The minimum atomic E-state index is -0.559. The van der Waals surface area contributed by atoms with E-state index in [1.807, 2.05) is 0 Å². The first-order chi connectivity index (χ1) is 11.5. The van der Waals surface area contributed by atoms with E-state index in [1.165, 1.54) is 6.07 Å². The highest BCUT2D eigenvalue weighted by Gasteiger charge is 2.31. The number of nitrogens with one attached hydrogen (secondary N) is 2. The number of hydrogen-bond donors (Lipinski definition) is 2. The van der Waals surface area contributed by atoms with Gasteiger partial charge in [0.05, 0.1) is 0 Å². The summed E-state index contributed by atoms with van der Waals surface area (Å²) in [4.78, 5) is 34.5. The van der Waals surface area contributed by atoms with Crippen molar-refractivity contribution in [2.45, 2.75) is 32.7 Å². The molecule has 1 atom stereocenters. The number of nitrogens with zero attached hydrogens (tertiary/aromatic N) is 3. The lowest BCUT2D eigenvalue weighted by Crippen LogP contribution is -2.37. The van der Waals surface area contributed by atoms with Crippen molar-refractivity contribution in [1.82, 2.24) is 25.4 Å². The number of amides is 1. The monoisotopic (exact) mass is 333 g/mol. The fraction of sp³-hybridized carbons (Fsp3) is 0.533. The maximum absolute atomic E-state index is 12.5. The van der Waals surface area contributed by atoms with Crippen LogP contribution in [0.4, 0.5) is 0 Å². The Hall–Kier alpha value is -2.55. The summed E-state index contributed by atoms with van der Waals surface area (Å²) in [5.74, 6) is 0.526. The number of carbonyl (C=O) groups is 1. The lowest BCUT2D eigenvalue weighted by Gasteiger charge is -2.28. The third-order valence-electron chi connectivity index (χ3n) is 3.95. The van der Waals surface area contributed by atoms with E-state index >= 15 is 0 Å². The fourth-order valence-electron chi connectivity index (χ4n) is 2.78. The number of aryl methyl sites for hydroxylation is 2. The Kier molecular flexibility index (Phi) is 4.70. The molecule has 1 saturated heterocycles. The number of aromatic nitrogens is 4. The Morgan fingerprint density at radius 2 is 2.08 bits per heavy atom. The molecule has 24 heavy (non-hydrogen) atoms. The van der Waals surface area contributed by atoms with Crippen LogP contribution in [0, 0.1) is 19.8 Å². The molecule has 2 aromatic heterocycles. The average Bonchev–Trinajstić information content (AvgIpc) is 2.98. The number of ether oxygens (including phenoxy) is 1. The minimum absolute atomic E-state index is 0.0598. The maximum Gasteiger partial charge on any atom is 0.345 e. The summed E-state index contributed by atoms with van der Waals surface area (Å²) in [6.45, 7) is 4.65. The minimum Gasteiger partial charge on any atom is -0.381 e. The van der Waals surface area contributed by atoms with Crippen LogP contribution in [0.3, 0.4) is 0 Å². The Bertz CT molecular complexity index is 778. The van der Waals surface area contributed by atoms with Gasteiger partial charge in [-0.2, -0.15) is 9.97 Å². The smallest absolute Gasteiger partial charge is 0.345 e. The van der Waals surface area contributed by atoms with Crippen LogP contribution in [0.25, 0.3) is 0 Å². The molecule has 0 radical (unpaired) electrons. The molecule has 0 spiro atoms. The zero-order valence-corrected chi connectivity index (χ0v) is 13.5. The highest BCUT2D eigenvalue weighted by atomic mass is 16.5. The first kappa shape index (κ1) is 16.3. The van der Waals surface area contributed by atoms with Gasteiger partial charge < -0.3 is 19.6 Å². The van der Waals surface area contributed by atoms with E-state index in [9.17, 15) is 9.59 Å². The molecule has 128 valence electrons. The predicted molar refractivity (Wildman–Crippen MR) is 82.4 cm³/mol. The molecule has 0 saturated carbocycles. The molecule has 3 heterocycles. The van der Waals surface area contributed by atoms with E-state index in [0.717, 1.165) is 12.8 Å². The zero-order chi connectivity index (χ0) is 17.1. The maximum atomic E-state index is 12.5. The van der Waals surface area contributed by atoms with E-state index in [2.05, 4.69) is 25.4 Å². The normalized spacial score (nSPS) is 16.8. The molecule has 0 aliphatic carbocycles. The molecule has 1 aliphatic rings. The summed E-state index contributed by atoms with van der Waals surface area (Å²) in [6, 6.07) is 1.08. The van der Waals surface area contributed by atoms with Gasteiger partial charge in [0.25, 0.3) is 5.91 Å². The van der Waals surface area contributed by atoms with Crippen molar-refractivity contribution in [3.05, 3.63) is 39.7 Å². The van der Waals surface area contributed by atoms with E-state index < -0.39 is 17.6 Å². The molecule has 1 fully saturated rings. The van der Waals surface area contributed by atoms with Crippen molar-refractivity contribution < 1.29 is 14.1 Å². The molecule has 0 bridgehead atoms. The Morgan fingerprint density at radius 3 is 2.71 bits per heavy atom. The summed E-state index contributed by atoms with van der Waals surface area (Å²) < 4.78 is 10.6. The van der Waals surface area contributed by atoms with Gasteiger partial charge in [0.15, 0.2) is 5.82 Å². The van der Waals surface area contributed by atoms with Crippen LogP contribution in [-0.2, 0) is 4.74 Å². The van der Waals surface area contributed by atoms with Crippen LogP contribution in [0.1, 0.15) is 46.8 Å². The number of hydrogen-bond acceptors (Lipinski definition) is 7. The van der Waals surface area contributed by atoms with Gasteiger partial charge in [0, 0.05) is 18.9 Å². The van der Waals surface area contributed by atoms with Gasteiger partial charge >= 0.3 is 5.69 Å². The molecule has 1 aliphatic heterocycles. The van der Waals surface area contributed by atoms with Crippen LogP contribution in [0.2, 0.25) is 0 Å². The third kappa shape index (κ3) is 3.67.